The van der Waals surface area contributed by atoms with Crippen molar-refractivity contribution in [2.45, 2.75) is 44.5 Å². The SMILES string of the molecule is O[C@@H]1CC/C=C\CC[C@@H]1OCc1ccccc1. The van der Waals surface area contributed by atoms with Gasteiger partial charge in [0.1, 0.15) is 0 Å². The summed E-state index contributed by atoms with van der Waals surface area (Å²) in [4.78, 5) is 0. The standard InChI is InChI=1S/C15H20O2/c16-14-10-6-1-2-7-11-15(14)17-12-13-8-4-3-5-9-13/h1-5,8-9,14-16H,6-7,10-12H2/b2-1-/t14-,15+/m1/s1. The van der Waals surface area contributed by atoms with E-state index in [0.717, 1.165) is 31.2 Å². The summed E-state index contributed by atoms with van der Waals surface area (Å²) >= 11 is 0. The van der Waals surface area contributed by atoms with Crippen LogP contribution in [0.2, 0.25) is 0 Å². The van der Waals surface area contributed by atoms with Gasteiger partial charge in [-0.1, -0.05) is 42.5 Å². The quantitative estimate of drug-likeness (QED) is 0.812. The van der Waals surface area contributed by atoms with Gasteiger partial charge in [-0.2, -0.15) is 0 Å². The Kier molecular flexibility index (Phi) is 4.77. The summed E-state index contributed by atoms with van der Waals surface area (Å²) in [5.74, 6) is 0. The van der Waals surface area contributed by atoms with E-state index in [0.29, 0.717) is 6.61 Å². The molecule has 0 bridgehead atoms. The molecule has 0 heterocycles. The smallest absolute Gasteiger partial charge is 0.0841 e. The molecule has 1 N–H and O–H groups in total. The molecule has 0 aromatic heterocycles. The van der Waals surface area contributed by atoms with E-state index in [1.165, 1.54) is 0 Å². The Bertz CT molecular complexity index is 345. The van der Waals surface area contributed by atoms with E-state index in [9.17, 15) is 5.11 Å². The predicted octanol–water partition coefficient (Wildman–Crippen LogP) is 3.06. The number of aliphatic hydroxyl groups is 1. The van der Waals surface area contributed by atoms with Crippen molar-refractivity contribution in [2.24, 2.45) is 0 Å². The van der Waals surface area contributed by atoms with Crippen molar-refractivity contribution >= 4 is 0 Å². The molecular weight excluding hydrogens is 212 g/mol. The van der Waals surface area contributed by atoms with Gasteiger partial charge in [0.25, 0.3) is 0 Å². The zero-order chi connectivity index (χ0) is 11.9. The van der Waals surface area contributed by atoms with E-state index in [1.54, 1.807) is 0 Å². The highest BCUT2D eigenvalue weighted by atomic mass is 16.5. The Morgan fingerprint density at radius 3 is 2.53 bits per heavy atom. The highest BCUT2D eigenvalue weighted by Crippen LogP contribution is 2.17. The second-order valence-electron chi connectivity index (χ2n) is 4.53. The van der Waals surface area contributed by atoms with Gasteiger partial charge in [-0.05, 0) is 31.2 Å². The summed E-state index contributed by atoms with van der Waals surface area (Å²) in [5.41, 5.74) is 1.16. The second kappa shape index (κ2) is 6.58. The molecule has 0 fully saturated rings. The third kappa shape index (κ3) is 3.99. The maximum Gasteiger partial charge on any atom is 0.0841 e. The number of rotatable bonds is 3. The van der Waals surface area contributed by atoms with Crippen LogP contribution < -0.4 is 0 Å². The molecule has 2 atom stereocenters. The van der Waals surface area contributed by atoms with Crippen molar-refractivity contribution in [1.29, 1.82) is 0 Å². The molecule has 1 aromatic rings. The van der Waals surface area contributed by atoms with Crippen LogP contribution in [0.1, 0.15) is 31.2 Å². The molecule has 17 heavy (non-hydrogen) atoms. The zero-order valence-corrected chi connectivity index (χ0v) is 10.1. The van der Waals surface area contributed by atoms with Crippen LogP contribution in [0.25, 0.3) is 0 Å². The fourth-order valence-electron chi connectivity index (χ4n) is 2.11. The Morgan fingerprint density at radius 1 is 1.06 bits per heavy atom. The highest BCUT2D eigenvalue weighted by molar-refractivity contribution is 5.13. The molecule has 2 nitrogen and oxygen atoms in total. The molecule has 1 aliphatic carbocycles. The Hall–Kier alpha value is -1.12. The molecule has 0 saturated heterocycles. The molecule has 0 amide bonds. The molecule has 0 saturated carbocycles. The highest BCUT2D eigenvalue weighted by Gasteiger charge is 2.19. The normalized spacial score (nSPS) is 27.1. The summed E-state index contributed by atoms with van der Waals surface area (Å²) < 4.78 is 5.83. The molecule has 0 spiro atoms. The molecule has 2 heteroatoms. The molecule has 92 valence electrons. The van der Waals surface area contributed by atoms with Gasteiger partial charge in [0, 0.05) is 0 Å². The lowest BCUT2D eigenvalue weighted by atomic mass is 10.0. The van der Waals surface area contributed by atoms with Crippen LogP contribution in [0.5, 0.6) is 0 Å². The van der Waals surface area contributed by atoms with Crippen LogP contribution >= 0.6 is 0 Å². The number of aliphatic hydroxyl groups excluding tert-OH is 1. The Labute approximate surface area is 103 Å². The maximum atomic E-state index is 9.99. The van der Waals surface area contributed by atoms with Crippen LogP contribution in [-0.2, 0) is 11.3 Å². The fraction of sp³-hybridized carbons (Fsp3) is 0.467. The first-order valence-corrected chi connectivity index (χ1v) is 6.35. The lowest BCUT2D eigenvalue weighted by molar-refractivity contribution is -0.0523. The molecule has 0 aliphatic heterocycles. The predicted molar refractivity (Wildman–Crippen MR) is 68.6 cm³/mol. The van der Waals surface area contributed by atoms with Gasteiger partial charge in [-0.15, -0.1) is 0 Å². The van der Waals surface area contributed by atoms with Gasteiger partial charge in [0.05, 0.1) is 18.8 Å². The summed E-state index contributed by atoms with van der Waals surface area (Å²) in [6, 6.07) is 10.1. The average molecular weight is 232 g/mol. The van der Waals surface area contributed by atoms with Crippen molar-refractivity contribution in [3.63, 3.8) is 0 Å². The van der Waals surface area contributed by atoms with E-state index in [2.05, 4.69) is 24.3 Å². The largest absolute Gasteiger partial charge is 0.390 e. The monoisotopic (exact) mass is 232 g/mol. The van der Waals surface area contributed by atoms with Gasteiger partial charge >= 0.3 is 0 Å². The minimum absolute atomic E-state index is 0.0276. The Balaban J connectivity index is 1.86. The van der Waals surface area contributed by atoms with Crippen molar-refractivity contribution < 1.29 is 9.84 Å². The maximum absolute atomic E-state index is 9.99. The first-order chi connectivity index (χ1) is 8.36. The van der Waals surface area contributed by atoms with E-state index >= 15 is 0 Å². The number of hydrogen-bond donors (Lipinski definition) is 1. The second-order valence-corrected chi connectivity index (χ2v) is 4.53. The average Bonchev–Trinajstić information content (AvgIpc) is 2.35. The van der Waals surface area contributed by atoms with Gasteiger partial charge in [-0.25, -0.2) is 0 Å². The minimum atomic E-state index is -0.330. The van der Waals surface area contributed by atoms with Crippen LogP contribution in [0, 0.1) is 0 Å². The number of ether oxygens (including phenoxy) is 1. The van der Waals surface area contributed by atoms with E-state index in [-0.39, 0.29) is 12.2 Å². The lowest BCUT2D eigenvalue weighted by Crippen LogP contribution is -2.29. The molecule has 1 aromatic carbocycles. The van der Waals surface area contributed by atoms with E-state index in [1.807, 2.05) is 18.2 Å². The van der Waals surface area contributed by atoms with Gasteiger partial charge in [0.15, 0.2) is 0 Å². The van der Waals surface area contributed by atoms with Crippen molar-refractivity contribution in [2.75, 3.05) is 0 Å². The summed E-state index contributed by atoms with van der Waals surface area (Å²) in [7, 11) is 0. The third-order valence-corrected chi connectivity index (χ3v) is 3.15. The molecule has 2 rings (SSSR count). The molecule has 0 radical (unpaired) electrons. The number of allylic oxidation sites excluding steroid dienone is 2. The van der Waals surface area contributed by atoms with Crippen LogP contribution in [0.3, 0.4) is 0 Å². The number of benzene rings is 1. The summed E-state index contributed by atoms with van der Waals surface area (Å²) in [5, 5.41) is 9.99. The van der Waals surface area contributed by atoms with Crippen molar-refractivity contribution in [1.82, 2.24) is 0 Å². The topological polar surface area (TPSA) is 29.5 Å². The van der Waals surface area contributed by atoms with Crippen LogP contribution in [0.4, 0.5) is 0 Å². The fourth-order valence-corrected chi connectivity index (χ4v) is 2.11. The van der Waals surface area contributed by atoms with Gasteiger partial charge in [0.2, 0.25) is 0 Å². The first kappa shape index (κ1) is 12.3. The van der Waals surface area contributed by atoms with Gasteiger partial charge in [-0.3, -0.25) is 0 Å². The molecule has 1 aliphatic rings. The minimum Gasteiger partial charge on any atom is -0.390 e. The zero-order valence-electron chi connectivity index (χ0n) is 10.1. The van der Waals surface area contributed by atoms with Gasteiger partial charge < -0.3 is 9.84 Å². The molecule has 0 unspecified atom stereocenters. The van der Waals surface area contributed by atoms with E-state index in [4.69, 9.17) is 4.74 Å². The lowest BCUT2D eigenvalue weighted by Gasteiger charge is -2.24. The molecular formula is C15H20O2. The van der Waals surface area contributed by atoms with Crippen molar-refractivity contribution in [3.05, 3.63) is 48.0 Å². The summed E-state index contributed by atoms with van der Waals surface area (Å²) in [6.07, 6.45) is 7.63. The summed E-state index contributed by atoms with van der Waals surface area (Å²) in [6.45, 7) is 0.590. The third-order valence-electron chi connectivity index (χ3n) is 3.15. The first-order valence-electron chi connectivity index (χ1n) is 6.35. The van der Waals surface area contributed by atoms with Crippen LogP contribution in [-0.4, -0.2) is 17.3 Å². The van der Waals surface area contributed by atoms with Crippen LogP contribution in [0.15, 0.2) is 42.5 Å². The number of hydrogen-bond acceptors (Lipinski definition) is 2. The Morgan fingerprint density at radius 2 is 1.76 bits per heavy atom. The van der Waals surface area contributed by atoms with E-state index < -0.39 is 0 Å². The van der Waals surface area contributed by atoms with Crippen molar-refractivity contribution in [3.8, 4) is 0 Å².